The minimum Gasteiger partial charge on any atom is -0.441 e. The fourth-order valence-electron chi connectivity index (χ4n) is 4.16. The van der Waals surface area contributed by atoms with Crippen LogP contribution in [0.15, 0.2) is 0 Å². The molecule has 6 heteroatoms. The topological polar surface area (TPSA) is 59.1 Å². The largest absolute Gasteiger partial charge is 0.441 e. The number of likely N-dealkylation sites (tertiary alicyclic amines) is 1. The predicted molar refractivity (Wildman–Crippen MR) is 89.6 cm³/mol. The number of carbonyl (C=O) groups is 2. The summed E-state index contributed by atoms with van der Waals surface area (Å²) >= 11 is 0. The van der Waals surface area contributed by atoms with Gasteiger partial charge in [0.25, 0.3) is 0 Å². The summed E-state index contributed by atoms with van der Waals surface area (Å²) in [6.45, 7) is 7.67. The van der Waals surface area contributed by atoms with Crippen LogP contribution in [-0.2, 0) is 14.3 Å². The van der Waals surface area contributed by atoms with Gasteiger partial charge in [-0.3, -0.25) is 4.79 Å². The van der Waals surface area contributed by atoms with Gasteiger partial charge in [-0.2, -0.15) is 0 Å². The van der Waals surface area contributed by atoms with Crippen LogP contribution in [0.25, 0.3) is 0 Å². The second kappa shape index (κ2) is 7.30. The van der Waals surface area contributed by atoms with E-state index in [2.05, 4.69) is 13.8 Å². The highest BCUT2D eigenvalue weighted by Gasteiger charge is 2.48. The van der Waals surface area contributed by atoms with Gasteiger partial charge in [0.1, 0.15) is 5.60 Å². The monoisotopic (exact) mass is 338 g/mol. The van der Waals surface area contributed by atoms with Crippen molar-refractivity contribution in [1.82, 2.24) is 9.80 Å². The average molecular weight is 338 g/mol. The molecule has 3 heterocycles. The lowest BCUT2D eigenvalue weighted by molar-refractivity contribution is -0.141. The van der Waals surface area contributed by atoms with Gasteiger partial charge in [-0.1, -0.05) is 13.3 Å². The molecule has 3 aliphatic rings. The normalized spacial score (nSPS) is 25.8. The highest BCUT2D eigenvalue weighted by molar-refractivity contribution is 5.79. The molecule has 3 saturated heterocycles. The van der Waals surface area contributed by atoms with Gasteiger partial charge in [-0.25, -0.2) is 4.79 Å². The Morgan fingerprint density at radius 2 is 1.96 bits per heavy atom. The van der Waals surface area contributed by atoms with Crippen LogP contribution in [-0.4, -0.2) is 66.3 Å². The molecule has 0 radical (unpaired) electrons. The summed E-state index contributed by atoms with van der Waals surface area (Å²) in [7, 11) is 0. The van der Waals surface area contributed by atoms with E-state index in [9.17, 15) is 9.59 Å². The second-order valence-corrected chi connectivity index (χ2v) is 7.53. The summed E-state index contributed by atoms with van der Waals surface area (Å²) in [4.78, 5) is 28.7. The van der Waals surface area contributed by atoms with Crippen molar-refractivity contribution in [2.24, 2.45) is 5.92 Å². The first-order valence-electron chi connectivity index (χ1n) is 9.41. The zero-order valence-electron chi connectivity index (χ0n) is 15.0. The first-order chi connectivity index (χ1) is 11.5. The number of ether oxygens (including phenoxy) is 2. The van der Waals surface area contributed by atoms with Crippen molar-refractivity contribution in [3.8, 4) is 0 Å². The van der Waals surface area contributed by atoms with E-state index in [1.54, 1.807) is 0 Å². The number of piperidine rings is 1. The molecular weight excluding hydrogens is 308 g/mol. The third kappa shape index (κ3) is 3.53. The molecular formula is C18H30N2O4. The summed E-state index contributed by atoms with van der Waals surface area (Å²) < 4.78 is 11.1. The van der Waals surface area contributed by atoms with Crippen molar-refractivity contribution in [2.45, 2.75) is 64.0 Å². The van der Waals surface area contributed by atoms with Gasteiger partial charge in [-0.15, -0.1) is 0 Å². The van der Waals surface area contributed by atoms with Gasteiger partial charge in [0, 0.05) is 51.1 Å². The maximum Gasteiger partial charge on any atom is 0.410 e. The molecule has 3 rings (SSSR count). The third-order valence-corrected chi connectivity index (χ3v) is 5.79. The zero-order chi connectivity index (χ0) is 17.2. The molecule has 6 nitrogen and oxygen atoms in total. The first-order valence-corrected chi connectivity index (χ1v) is 9.41. The predicted octanol–water partition coefficient (Wildman–Crippen LogP) is 2.42. The van der Waals surface area contributed by atoms with Crippen LogP contribution in [0.1, 0.15) is 52.4 Å². The summed E-state index contributed by atoms with van der Waals surface area (Å²) in [6.07, 6.45) is 5.05. The van der Waals surface area contributed by atoms with Crippen LogP contribution in [0.2, 0.25) is 0 Å². The minimum atomic E-state index is -0.383. The van der Waals surface area contributed by atoms with E-state index in [-0.39, 0.29) is 29.6 Å². The van der Waals surface area contributed by atoms with E-state index in [0.29, 0.717) is 32.8 Å². The Hall–Kier alpha value is -1.30. The molecule has 136 valence electrons. The molecule has 0 aromatic heterocycles. The van der Waals surface area contributed by atoms with Gasteiger partial charge in [0.05, 0.1) is 6.54 Å². The van der Waals surface area contributed by atoms with Gasteiger partial charge >= 0.3 is 6.09 Å². The number of hydrogen-bond acceptors (Lipinski definition) is 4. The standard InChI is InChI=1S/C18H30N2O4/c1-3-4-14(2)20-13-18(24-17(20)22)7-9-19(10-8-18)16(21)15-5-11-23-12-6-15/h14-15H,3-13H2,1-2H3/t14-/m0/s1. The van der Waals surface area contributed by atoms with Gasteiger partial charge in [0.2, 0.25) is 5.91 Å². The van der Waals surface area contributed by atoms with Crippen molar-refractivity contribution in [1.29, 1.82) is 0 Å². The van der Waals surface area contributed by atoms with Crippen LogP contribution < -0.4 is 0 Å². The highest BCUT2D eigenvalue weighted by atomic mass is 16.6. The first kappa shape index (κ1) is 17.5. The Kier molecular flexibility index (Phi) is 5.33. The fraction of sp³-hybridized carbons (Fsp3) is 0.889. The van der Waals surface area contributed by atoms with Crippen LogP contribution in [0, 0.1) is 5.92 Å². The molecule has 3 fully saturated rings. The van der Waals surface area contributed by atoms with Crippen LogP contribution in [0.4, 0.5) is 4.79 Å². The summed E-state index contributed by atoms with van der Waals surface area (Å²) in [6, 6.07) is 0.226. The molecule has 1 atom stereocenters. The molecule has 0 bridgehead atoms. The van der Waals surface area contributed by atoms with Crippen LogP contribution >= 0.6 is 0 Å². The Balaban J connectivity index is 1.54. The van der Waals surface area contributed by atoms with Crippen molar-refractivity contribution in [2.75, 3.05) is 32.8 Å². The lowest BCUT2D eigenvalue weighted by Crippen LogP contribution is -2.50. The molecule has 0 aromatic rings. The lowest BCUT2D eigenvalue weighted by atomic mass is 9.89. The molecule has 24 heavy (non-hydrogen) atoms. The van der Waals surface area contributed by atoms with Crippen LogP contribution in [0.3, 0.4) is 0 Å². The second-order valence-electron chi connectivity index (χ2n) is 7.53. The van der Waals surface area contributed by atoms with Crippen LogP contribution in [0.5, 0.6) is 0 Å². The average Bonchev–Trinajstić information content (AvgIpc) is 2.92. The smallest absolute Gasteiger partial charge is 0.410 e. The summed E-state index contributed by atoms with van der Waals surface area (Å²) in [5, 5.41) is 0. The molecule has 1 spiro atoms. The fourth-order valence-corrected chi connectivity index (χ4v) is 4.16. The van der Waals surface area contributed by atoms with E-state index < -0.39 is 0 Å². The van der Waals surface area contributed by atoms with Crippen molar-refractivity contribution >= 4 is 12.0 Å². The van der Waals surface area contributed by atoms with E-state index in [4.69, 9.17) is 9.47 Å². The zero-order valence-corrected chi connectivity index (χ0v) is 15.0. The Morgan fingerprint density at radius 1 is 1.29 bits per heavy atom. The van der Waals surface area contributed by atoms with Gasteiger partial charge in [-0.05, 0) is 26.2 Å². The lowest BCUT2D eigenvalue weighted by Gasteiger charge is -2.39. The molecule has 3 aliphatic heterocycles. The van der Waals surface area contributed by atoms with Gasteiger partial charge < -0.3 is 19.3 Å². The summed E-state index contributed by atoms with van der Waals surface area (Å²) in [5.41, 5.74) is -0.383. The van der Waals surface area contributed by atoms with Crippen molar-refractivity contribution in [3.05, 3.63) is 0 Å². The number of nitrogens with zero attached hydrogens (tertiary/aromatic N) is 2. The molecule has 0 aliphatic carbocycles. The maximum absolute atomic E-state index is 12.6. The molecule has 2 amide bonds. The van der Waals surface area contributed by atoms with Crippen molar-refractivity contribution in [3.63, 3.8) is 0 Å². The highest BCUT2D eigenvalue weighted by Crippen LogP contribution is 2.35. The number of amides is 2. The SMILES string of the molecule is CCC[C@H](C)N1CC2(CCN(C(=O)C3CCOCC3)CC2)OC1=O. The molecule has 0 unspecified atom stereocenters. The Bertz CT molecular complexity index is 468. The molecule has 0 N–H and O–H groups in total. The third-order valence-electron chi connectivity index (χ3n) is 5.79. The van der Waals surface area contributed by atoms with E-state index >= 15 is 0 Å². The van der Waals surface area contributed by atoms with Gasteiger partial charge in [0.15, 0.2) is 0 Å². The van der Waals surface area contributed by atoms with Crippen molar-refractivity contribution < 1.29 is 19.1 Å². The number of rotatable bonds is 4. The quantitative estimate of drug-likeness (QED) is 0.790. The van der Waals surface area contributed by atoms with E-state index in [0.717, 1.165) is 38.5 Å². The number of carbonyl (C=O) groups excluding carboxylic acids is 2. The molecule has 0 aromatic carbocycles. The Labute approximate surface area is 144 Å². The minimum absolute atomic E-state index is 0.111. The Morgan fingerprint density at radius 3 is 2.58 bits per heavy atom. The molecule has 0 saturated carbocycles. The number of hydrogen-bond donors (Lipinski definition) is 0. The van der Waals surface area contributed by atoms with E-state index in [1.165, 1.54) is 0 Å². The van der Waals surface area contributed by atoms with E-state index in [1.807, 2.05) is 9.80 Å². The maximum atomic E-state index is 12.6. The summed E-state index contributed by atoms with van der Waals surface area (Å²) in [5.74, 6) is 0.369.